The largest absolute Gasteiger partial charge is 0.492 e. The first-order valence-corrected chi connectivity index (χ1v) is 7.52. The van der Waals surface area contributed by atoms with Gasteiger partial charge < -0.3 is 20.9 Å². The Morgan fingerprint density at radius 2 is 2.15 bits per heavy atom. The molecule has 0 heterocycles. The first-order chi connectivity index (χ1) is 9.65. The summed E-state index contributed by atoms with van der Waals surface area (Å²) in [6.45, 7) is 4.18. The van der Waals surface area contributed by atoms with Crippen molar-refractivity contribution in [2.45, 2.75) is 32.4 Å². The van der Waals surface area contributed by atoms with E-state index in [1.54, 1.807) is 0 Å². The number of rotatable bonds is 8. The van der Waals surface area contributed by atoms with Gasteiger partial charge in [-0.1, -0.05) is 11.6 Å². The lowest BCUT2D eigenvalue weighted by atomic mass is 10.0. The zero-order chi connectivity index (χ0) is 14.5. The van der Waals surface area contributed by atoms with Crippen LogP contribution >= 0.6 is 11.6 Å². The van der Waals surface area contributed by atoms with Gasteiger partial charge in [-0.05, 0) is 43.4 Å². The molecule has 0 amide bonds. The molecule has 0 aromatic heterocycles. The minimum atomic E-state index is -0.280. The van der Waals surface area contributed by atoms with Gasteiger partial charge in [0, 0.05) is 24.8 Å². The normalized spacial score (nSPS) is 16.2. The molecule has 0 bridgehead atoms. The van der Waals surface area contributed by atoms with Gasteiger partial charge in [-0.3, -0.25) is 0 Å². The van der Waals surface area contributed by atoms with Crippen molar-refractivity contribution in [2.24, 2.45) is 17.4 Å². The standard InChI is InChI=1S/C15H23ClN2O2/c1-2-20-15-12(14(18)7-17)5-11(6-13(15)16)9-19-8-10-3-4-10/h5-6,10,14H,2-4,7-9,17-18H2,1H3. The van der Waals surface area contributed by atoms with Gasteiger partial charge in [-0.25, -0.2) is 0 Å². The lowest BCUT2D eigenvalue weighted by Crippen LogP contribution is -2.22. The van der Waals surface area contributed by atoms with E-state index in [2.05, 4.69) is 0 Å². The molecule has 0 aliphatic heterocycles. The zero-order valence-electron chi connectivity index (χ0n) is 11.9. The van der Waals surface area contributed by atoms with Crippen LogP contribution < -0.4 is 16.2 Å². The van der Waals surface area contributed by atoms with E-state index in [0.717, 1.165) is 23.7 Å². The number of halogens is 1. The molecule has 0 spiro atoms. The van der Waals surface area contributed by atoms with Crippen LogP contribution in [0.2, 0.25) is 5.02 Å². The minimum absolute atomic E-state index is 0.280. The molecule has 0 radical (unpaired) electrons. The molecule has 1 unspecified atom stereocenters. The van der Waals surface area contributed by atoms with Crippen molar-refractivity contribution in [3.8, 4) is 5.75 Å². The molecule has 1 saturated carbocycles. The van der Waals surface area contributed by atoms with Crippen LogP contribution in [0, 0.1) is 5.92 Å². The number of benzene rings is 1. The van der Waals surface area contributed by atoms with Gasteiger partial charge in [0.1, 0.15) is 5.75 Å². The average molecular weight is 299 g/mol. The van der Waals surface area contributed by atoms with E-state index in [0.29, 0.717) is 30.5 Å². The fourth-order valence-corrected chi connectivity index (χ4v) is 2.39. The molecule has 0 saturated heterocycles. The third-order valence-electron chi connectivity index (χ3n) is 3.39. The zero-order valence-corrected chi connectivity index (χ0v) is 12.7. The summed E-state index contributed by atoms with van der Waals surface area (Å²) in [5, 5.41) is 0.568. The van der Waals surface area contributed by atoms with E-state index in [1.165, 1.54) is 12.8 Å². The quantitative estimate of drug-likeness (QED) is 0.774. The highest BCUT2D eigenvalue weighted by Crippen LogP contribution is 2.34. The average Bonchev–Trinajstić information content (AvgIpc) is 3.25. The SMILES string of the molecule is CCOc1c(Cl)cc(COCC2CC2)cc1C(N)CN. The second kappa shape index (κ2) is 7.27. The van der Waals surface area contributed by atoms with Crippen LogP contribution in [0.15, 0.2) is 12.1 Å². The Morgan fingerprint density at radius 1 is 1.40 bits per heavy atom. The second-order valence-corrected chi connectivity index (χ2v) is 5.64. The molecule has 1 aromatic rings. The minimum Gasteiger partial charge on any atom is -0.492 e. The molecular weight excluding hydrogens is 276 g/mol. The Morgan fingerprint density at radius 3 is 2.75 bits per heavy atom. The van der Waals surface area contributed by atoms with E-state index in [9.17, 15) is 0 Å². The van der Waals surface area contributed by atoms with Gasteiger partial charge in [0.2, 0.25) is 0 Å². The summed E-state index contributed by atoms with van der Waals surface area (Å²) < 4.78 is 11.3. The van der Waals surface area contributed by atoms with Gasteiger partial charge in [0.25, 0.3) is 0 Å². The third-order valence-corrected chi connectivity index (χ3v) is 3.67. The maximum absolute atomic E-state index is 6.29. The molecule has 4 N–H and O–H groups in total. The fraction of sp³-hybridized carbons (Fsp3) is 0.600. The maximum Gasteiger partial charge on any atom is 0.142 e. The summed E-state index contributed by atoms with van der Waals surface area (Å²) in [5.74, 6) is 1.39. The van der Waals surface area contributed by atoms with Crippen LogP contribution in [0.3, 0.4) is 0 Å². The van der Waals surface area contributed by atoms with Crippen molar-refractivity contribution in [1.29, 1.82) is 0 Å². The summed E-state index contributed by atoms with van der Waals surface area (Å²) in [5.41, 5.74) is 13.6. The van der Waals surface area contributed by atoms with Gasteiger partial charge >= 0.3 is 0 Å². The molecule has 20 heavy (non-hydrogen) atoms. The van der Waals surface area contributed by atoms with Crippen molar-refractivity contribution in [2.75, 3.05) is 19.8 Å². The summed E-state index contributed by atoms with van der Waals surface area (Å²) in [7, 11) is 0. The molecule has 1 aliphatic carbocycles. The number of nitrogens with two attached hydrogens (primary N) is 2. The summed E-state index contributed by atoms with van der Waals surface area (Å²) in [6, 6.07) is 3.59. The Labute approximate surface area is 125 Å². The van der Waals surface area contributed by atoms with Gasteiger partial charge in [0.15, 0.2) is 0 Å². The summed E-state index contributed by atoms with van der Waals surface area (Å²) in [6.07, 6.45) is 2.57. The van der Waals surface area contributed by atoms with Gasteiger partial charge in [0.05, 0.1) is 18.2 Å². The van der Waals surface area contributed by atoms with Gasteiger partial charge in [-0.2, -0.15) is 0 Å². The molecule has 1 aromatic carbocycles. The predicted molar refractivity (Wildman–Crippen MR) is 81.0 cm³/mol. The Hall–Kier alpha value is -0.810. The van der Waals surface area contributed by atoms with E-state index >= 15 is 0 Å². The lowest BCUT2D eigenvalue weighted by molar-refractivity contribution is 0.111. The van der Waals surface area contributed by atoms with E-state index in [1.807, 2.05) is 19.1 Å². The highest BCUT2D eigenvalue weighted by atomic mass is 35.5. The van der Waals surface area contributed by atoms with Crippen molar-refractivity contribution >= 4 is 11.6 Å². The van der Waals surface area contributed by atoms with Crippen molar-refractivity contribution < 1.29 is 9.47 Å². The van der Waals surface area contributed by atoms with Crippen molar-refractivity contribution in [1.82, 2.24) is 0 Å². The summed E-state index contributed by atoms with van der Waals surface area (Å²) >= 11 is 6.29. The smallest absolute Gasteiger partial charge is 0.142 e. The lowest BCUT2D eigenvalue weighted by Gasteiger charge is -2.18. The fourth-order valence-electron chi connectivity index (χ4n) is 2.08. The highest BCUT2D eigenvalue weighted by Gasteiger charge is 2.21. The van der Waals surface area contributed by atoms with E-state index < -0.39 is 0 Å². The topological polar surface area (TPSA) is 70.5 Å². The Bertz CT molecular complexity index is 450. The molecule has 1 aliphatic rings. The molecule has 2 rings (SSSR count). The number of hydrogen-bond donors (Lipinski definition) is 2. The van der Waals surface area contributed by atoms with Gasteiger partial charge in [-0.15, -0.1) is 0 Å². The second-order valence-electron chi connectivity index (χ2n) is 5.23. The van der Waals surface area contributed by atoms with Crippen LogP contribution in [0.5, 0.6) is 5.75 Å². The van der Waals surface area contributed by atoms with Crippen molar-refractivity contribution in [3.63, 3.8) is 0 Å². The van der Waals surface area contributed by atoms with Crippen LogP contribution in [0.25, 0.3) is 0 Å². The number of ether oxygens (including phenoxy) is 2. The third kappa shape index (κ3) is 4.09. The van der Waals surface area contributed by atoms with Crippen LogP contribution in [0.4, 0.5) is 0 Å². The van der Waals surface area contributed by atoms with E-state index in [4.69, 9.17) is 32.5 Å². The molecule has 112 valence electrons. The maximum atomic E-state index is 6.29. The Kier molecular flexibility index (Phi) is 5.66. The molecule has 1 atom stereocenters. The first kappa shape index (κ1) is 15.6. The molecule has 4 nitrogen and oxygen atoms in total. The van der Waals surface area contributed by atoms with E-state index in [-0.39, 0.29) is 6.04 Å². The van der Waals surface area contributed by atoms with Crippen LogP contribution in [0.1, 0.15) is 36.9 Å². The molecule has 1 fully saturated rings. The summed E-state index contributed by atoms with van der Waals surface area (Å²) in [4.78, 5) is 0. The molecular formula is C15H23ClN2O2. The monoisotopic (exact) mass is 298 g/mol. The van der Waals surface area contributed by atoms with Crippen molar-refractivity contribution in [3.05, 3.63) is 28.3 Å². The first-order valence-electron chi connectivity index (χ1n) is 7.14. The number of hydrogen-bond acceptors (Lipinski definition) is 4. The van der Waals surface area contributed by atoms with Crippen LogP contribution in [-0.2, 0) is 11.3 Å². The Balaban J connectivity index is 2.13. The molecule has 5 heteroatoms. The predicted octanol–water partition coefficient (Wildman–Crippen LogP) is 2.62. The highest BCUT2D eigenvalue weighted by molar-refractivity contribution is 6.32. The van der Waals surface area contributed by atoms with Crippen LogP contribution in [-0.4, -0.2) is 19.8 Å².